The lowest BCUT2D eigenvalue weighted by Gasteiger charge is -2.22. The molecule has 0 aliphatic heterocycles. The Bertz CT molecular complexity index is 237. The maximum Gasteiger partial charge on any atom is 0.212 e. The fourth-order valence-electron chi connectivity index (χ4n) is 0.834. The first-order chi connectivity index (χ1) is 5.83. The van der Waals surface area contributed by atoms with E-state index in [1.807, 2.05) is 6.92 Å². The Morgan fingerprint density at radius 3 is 2.31 bits per heavy atom. The van der Waals surface area contributed by atoms with E-state index < -0.39 is 15.6 Å². The van der Waals surface area contributed by atoms with Crippen molar-refractivity contribution in [3.05, 3.63) is 0 Å². The lowest BCUT2D eigenvalue weighted by molar-refractivity contribution is 0.494. The minimum atomic E-state index is -3.15. The van der Waals surface area contributed by atoms with Gasteiger partial charge in [0.15, 0.2) is 0 Å². The number of halogens is 1. The third-order valence-electron chi connectivity index (χ3n) is 1.53. The van der Waals surface area contributed by atoms with Crippen LogP contribution in [0.15, 0.2) is 0 Å². The summed E-state index contributed by atoms with van der Waals surface area (Å²) in [7, 11) is -3.15. The highest BCUT2D eigenvalue weighted by Gasteiger charge is 2.22. The first-order valence-corrected chi connectivity index (χ1v) is 6.59. The molecule has 0 fully saturated rings. The molecule has 0 atom stereocenters. The van der Waals surface area contributed by atoms with Crippen LogP contribution in [0.5, 0.6) is 0 Å². The molecule has 0 aliphatic carbocycles. The molecule has 0 unspecified atom stereocenters. The molecule has 13 heavy (non-hydrogen) atoms. The molecule has 0 radical (unpaired) electrons. The Hall–Kier alpha value is 0.200. The molecular formula is C8H18ClNO2S. The van der Waals surface area contributed by atoms with Gasteiger partial charge in [-0.1, -0.05) is 13.3 Å². The van der Waals surface area contributed by atoms with E-state index in [0.29, 0.717) is 6.42 Å². The van der Waals surface area contributed by atoms with Crippen LogP contribution in [0.4, 0.5) is 0 Å². The average molecular weight is 228 g/mol. The number of hydrogen-bond acceptors (Lipinski definition) is 2. The topological polar surface area (TPSA) is 46.2 Å². The lowest BCUT2D eigenvalue weighted by Crippen LogP contribution is -2.45. The predicted octanol–water partition coefficient (Wildman–Crippen LogP) is 1.72. The van der Waals surface area contributed by atoms with E-state index in [1.165, 1.54) is 0 Å². The molecule has 0 rings (SSSR count). The van der Waals surface area contributed by atoms with Gasteiger partial charge in [0.05, 0.1) is 5.75 Å². The van der Waals surface area contributed by atoms with Crippen LogP contribution in [0, 0.1) is 0 Å². The van der Waals surface area contributed by atoms with E-state index >= 15 is 0 Å². The van der Waals surface area contributed by atoms with Crippen LogP contribution in [0.25, 0.3) is 0 Å². The number of hydrogen-bond donors (Lipinski definition) is 1. The minimum absolute atomic E-state index is 0.184. The third-order valence-corrected chi connectivity index (χ3v) is 3.89. The van der Waals surface area contributed by atoms with Crippen molar-refractivity contribution < 1.29 is 8.42 Å². The van der Waals surface area contributed by atoms with E-state index in [4.69, 9.17) is 11.6 Å². The summed E-state index contributed by atoms with van der Waals surface area (Å²) >= 11 is 5.61. The van der Waals surface area contributed by atoms with Crippen molar-refractivity contribution in [3.63, 3.8) is 0 Å². The molecule has 0 spiro atoms. The van der Waals surface area contributed by atoms with Crippen molar-refractivity contribution in [1.29, 1.82) is 0 Å². The molecule has 0 bridgehead atoms. The SMILES string of the molecule is CCCCS(=O)(=O)NC(C)(C)CCl. The Morgan fingerprint density at radius 2 is 1.92 bits per heavy atom. The molecule has 0 aromatic rings. The van der Waals surface area contributed by atoms with E-state index in [0.717, 1.165) is 6.42 Å². The molecule has 0 saturated heterocycles. The molecule has 5 heteroatoms. The molecule has 80 valence electrons. The van der Waals surface area contributed by atoms with E-state index in [2.05, 4.69) is 4.72 Å². The summed E-state index contributed by atoms with van der Waals surface area (Å²) < 4.78 is 25.3. The first-order valence-electron chi connectivity index (χ1n) is 4.40. The number of unbranched alkanes of at least 4 members (excludes halogenated alkanes) is 1. The van der Waals surface area contributed by atoms with Crippen LogP contribution in [0.2, 0.25) is 0 Å². The monoisotopic (exact) mass is 227 g/mol. The number of sulfonamides is 1. The van der Waals surface area contributed by atoms with E-state index in [-0.39, 0.29) is 11.6 Å². The van der Waals surface area contributed by atoms with Gasteiger partial charge in [-0.05, 0) is 20.3 Å². The maximum absolute atomic E-state index is 11.4. The van der Waals surface area contributed by atoms with Crippen molar-refractivity contribution in [2.45, 2.75) is 39.2 Å². The largest absolute Gasteiger partial charge is 0.212 e. The van der Waals surface area contributed by atoms with Gasteiger partial charge in [-0.25, -0.2) is 13.1 Å². The van der Waals surface area contributed by atoms with Gasteiger partial charge >= 0.3 is 0 Å². The zero-order valence-electron chi connectivity index (χ0n) is 8.43. The van der Waals surface area contributed by atoms with Crippen LogP contribution < -0.4 is 4.72 Å². The van der Waals surface area contributed by atoms with Crippen molar-refractivity contribution in [2.75, 3.05) is 11.6 Å². The van der Waals surface area contributed by atoms with E-state index in [1.54, 1.807) is 13.8 Å². The van der Waals surface area contributed by atoms with Gasteiger partial charge in [0.1, 0.15) is 0 Å². The summed E-state index contributed by atoms with van der Waals surface area (Å²) in [6, 6.07) is 0. The van der Waals surface area contributed by atoms with Crippen molar-refractivity contribution in [1.82, 2.24) is 4.72 Å². The summed E-state index contributed by atoms with van der Waals surface area (Å²) in [5.41, 5.74) is -0.547. The zero-order valence-corrected chi connectivity index (χ0v) is 10.0. The fraction of sp³-hybridized carbons (Fsp3) is 1.00. The minimum Gasteiger partial charge on any atom is -0.212 e. The molecule has 0 aromatic carbocycles. The van der Waals surface area contributed by atoms with Gasteiger partial charge in [0.25, 0.3) is 0 Å². The summed E-state index contributed by atoms with van der Waals surface area (Å²) in [5.74, 6) is 0.460. The lowest BCUT2D eigenvalue weighted by atomic mass is 10.1. The van der Waals surface area contributed by atoms with E-state index in [9.17, 15) is 8.42 Å². The summed E-state index contributed by atoms with van der Waals surface area (Å²) in [6.45, 7) is 5.50. The van der Waals surface area contributed by atoms with Crippen LogP contribution in [0.1, 0.15) is 33.6 Å². The van der Waals surface area contributed by atoms with Gasteiger partial charge in [-0.3, -0.25) is 0 Å². The Labute approximate surface area is 85.9 Å². The highest BCUT2D eigenvalue weighted by atomic mass is 35.5. The molecule has 0 saturated carbocycles. The van der Waals surface area contributed by atoms with Crippen molar-refractivity contribution >= 4 is 21.6 Å². The molecule has 3 nitrogen and oxygen atoms in total. The molecule has 1 N–H and O–H groups in total. The fourth-order valence-corrected chi connectivity index (χ4v) is 2.66. The Kier molecular flexibility index (Phi) is 5.25. The van der Waals surface area contributed by atoms with Crippen molar-refractivity contribution in [3.8, 4) is 0 Å². The quantitative estimate of drug-likeness (QED) is 0.703. The molecule has 0 heterocycles. The molecular weight excluding hydrogens is 210 g/mol. The molecule has 0 aromatic heterocycles. The average Bonchev–Trinajstić information content (AvgIpc) is 1.99. The Morgan fingerprint density at radius 1 is 1.38 bits per heavy atom. The second-order valence-corrected chi connectivity index (χ2v) is 5.90. The van der Waals surface area contributed by atoms with Crippen LogP contribution in [-0.2, 0) is 10.0 Å². The second kappa shape index (κ2) is 5.17. The van der Waals surface area contributed by atoms with Crippen LogP contribution in [0.3, 0.4) is 0 Å². The molecule has 0 aliphatic rings. The molecule has 0 amide bonds. The third kappa shape index (κ3) is 6.29. The van der Waals surface area contributed by atoms with Gasteiger partial charge in [0.2, 0.25) is 10.0 Å². The highest BCUT2D eigenvalue weighted by molar-refractivity contribution is 7.89. The maximum atomic E-state index is 11.4. The second-order valence-electron chi connectivity index (χ2n) is 3.79. The summed E-state index contributed by atoms with van der Waals surface area (Å²) in [5, 5.41) is 0. The number of nitrogens with one attached hydrogen (secondary N) is 1. The van der Waals surface area contributed by atoms with Crippen molar-refractivity contribution in [2.24, 2.45) is 0 Å². The van der Waals surface area contributed by atoms with Crippen LogP contribution >= 0.6 is 11.6 Å². The Balaban J connectivity index is 4.18. The zero-order chi connectivity index (χ0) is 10.5. The standard InChI is InChI=1S/C8H18ClNO2S/c1-4-5-6-13(11,12)10-8(2,3)7-9/h10H,4-7H2,1-3H3. The van der Waals surface area contributed by atoms with Gasteiger partial charge in [0, 0.05) is 11.4 Å². The first kappa shape index (κ1) is 13.2. The number of alkyl halides is 1. The predicted molar refractivity (Wildman–Crippen MR) is 56.6 cm³/mol. The summed E-state index contributed by atoms with van der Waals surface area (Å²) in [6.07, 6.45) is 1.57. The van der Waals surface area contributed by atoms with Crippen LogP contribution in [-0.4, -0.2) is 25.6 Å². The number of rotatable bonds is 6. The highest BCUT2D eigenvalue weighted by Crippen LogP contribution is 2.07. The van der Waals surface area contributed by atoms with Gasteiger partial charge in [-0.15, -0.1) is 11.6 Å². The normalized spacial score (nSPS) is 13.2. The van der Waals surface area contributed by atoms with Gasteiger partial charge < -0.3 is 0 Å². The summed E-state index contributed by atoms with van der Waals surface area (Å²) in [4.78, 5) is 0. The van der Waals surface area contributed by atoms with Gasteiger partial charge in [-0.2, -0.15) is 0 Å². The smallest absolute Gasteiger partial charge is 0.212 e.